The van der Waals surface area contributed by atoms with Crippen LogP contribution in [-0.2, 0) is 0 Å². The predicted molar refractivity (Wildman–Crippen MR) is 42.1 cm³/mol. The predicted octanol–water partition coefficient (Wildman–Crippen LogP) is 2.83. The summed E-state index contributed by atoms with van der Waals surface area (Å²) in [6.45, 7) is 4.12. The van der Waals surface area contributed by atoms with Crippen molar-refractivity contribution in [2.75, 3.05) is 6.26 Å². The Morgan fingerprint density at radius 3 is 2.50 bits per heavy atom. The molecular formula is C7H12S. The fourth-order valence-electron chi connectivity index (χ4n) is 0.300. The van der Waals surface area contributed by atoms with Gasteiger partial charge in [0.1, 0.15) is 0 Å². The highest BCUT2D eigenvalue weighted by molar-refractivity contribution is 8.02. The van der Waals surface area contributed by atoms with Crippen molar-refractivity contribution in [1.82, 2.24) is 0 Å². The van der Waals surface area contributed by atoms with Crippen molar-refractivity contribution in [2.45, 2.75) is 13.8 Å². The molecule has 0 rings (SSSR count). The van der Waals surface area contributed by atoms with Gasteiger partial charge in [0, 0.05) is 0 Å². The van der Waals surface area contributed by atoms with E-state index in [0.29, 0.717) is 0 Å². The van der Waals surface area contributed by atoms with Gasteiger partial charge in [-0.05, 0) is 25.0 Å². The van der Waals surface area contributed by atoms with Gasteiger partial charge < -0.3 is 0 Å². The maximum absolute atomic E-state index is 2.10. The van der Waals surface area contributed by atoms with Gasteiger partial charge in [0.15, 0.2) is 0 Å². The second kappa shape index (κ2) is 4.98. The van der Waals surface area contributed by atoms with Gasteiger partial charge in [-0.2, -0.15) is 0 Å². The van der Waals surface area contributed by atoms with Gasteiger partial charge in [0.25, 0.3) is 0 Å². The van der Waals surface area contributed by atoms with Gasteiger partial charge in [-0.25, -0.2) is 0 Å². The summed E-state index contributed by atoms with van der Waals surface area (Å²) in [6.07, 6.45) is 8.26. The molecule has 0 N–H and O–H groups in total. The zero-order valence-corrected chi connectivity index (χ0v) is 6.46. The van der Waals surface area contributed by atoms with Crippen molar-refractivity contribution in [3.63, 3.8) is 0 Å². The van der Waals surface area contributed by atoms with Crippen LogP contribution in [0.2, 0.25) is 0 Å². The number of rotatable bonds is 2. The van der Waals surface area contributed by atoms with Crippen LogP contribution in [0.4, 0.5) is 0 Å². The van der Waals surface area contributed by atoms with Crippen molar-refractivity contribution in [3.05, 3.63) is 23.1 Å². The number of thioether (sulfide) groups is 1. The summed E-state index contributed by atoms with van der Waals surface area (Å²) in [7, 11) is 0. The van der Waals surface area contributed by atoms with Crippen LogP contribution >= 0.6 is 11.8 Å². The standard InChI is InChI=1S/C7H12S/c1-4-5-6-7(2)8-3/h4-6H,1-3H3/b5-4+,7-6-. The molecule has 0 radical (unpaired) electrons. The molecule has 46 valence electrons. The normalized spacial score (nSPS) is 13.1. The second-order valence-corrected chi connectivity index (χ2v) is 2.56. The molecular weight excluding hydrogens is 116 g/mol. The Morgan fingerprint density at radius 2 is 2.12 bits per heavy atom. The number of hydrogen-bond acceptors (Lipinski definition) is 1. The Kier molecular flexibility index (Phi) is 4.87. The molecule has 0 aliphatic carbocycles. The van der Waals surface area contributed by atoms with E-state index in [1.54, 1.807) is 11.8 Å². The third-order valence-corrected chi connectivity index (χ3v) is 1.63. The van der Waals surface area contributed by atoms with Crippen molar-refractivity contribution in [1.29, 1.82) is 0 Å². The first kappa shape index (κ1) is 7.83. The lowest BCUT2D eigenvalue weighted by Gasteiger charge is -1.86. The lowest BCUT2D eigenvalue weighted by Crippen LogP contribution is -1.59. The molecule has 1 heteroatoms. The SMILES string of the molecule is C/C=C/C=C(/C)SC. The van der Waals surface area contributed by atoms with Crippen molar-refractivity contribution in [3.8, 4) is 0 Å². The van der Waals surface area contributed by atoms with Crippen LogP contribution in [0.1, 0.15) is 13.8 Å². The highest BCUT2D eigenvalue weighted by Gasteiger charge is 1.76. The number of allylic oxidation sites excluding steroid dienone is 4. The third-order valence-electron chi connectivity index (χ3n) is 0.845. The van der Waals surface area contributed by atoms with E-state index in [1.165, 1.54) is 4.91 Å². The van der Waals surface area contributed by atoms with E-state index < -0.39 is 0 Å². The van der Waals surface area contributed by atoms with Crippen LogP contribution in [0.15, 0.2) is 23.1 Å². The highest BCUT2D eigenvalue weighted by Crippen LogP contribution is 2.08. The average Bonchev–Trinajstić information content (AvgIpc) is 1.83. The third kappa shape index (κ3) is 4.00. The molecule has 0 heterocycles. The van der Waals surface area contributed by atoms with E-state index in [-0.39, 0.29) is 0 Å². The summed E-state index contributed by atoms with van der Waals surface area (Å²) in [6, 6.07) is 0. The summed E-state index contributed by atoms with van der Waals surface area (Å²) in [5.41, 5.74) is 0. The summed E-state index contributed by atoms with van der Waals surface area (Å²) in [5, 5.41) is 0. The molecule has 0 aromatic carbocycles. The van der Waals surface area contributed by atoms with E-state index in [1.807, 2.05) is 19.1 Å². The Bertz CT molecular complexity index is 101. The first-order chi connectivity index (χ1) is 3.81. The fraction of sp³-hybridized carbons (Fsp3) is 0.429. The van der Waals surface area contributed by atoms with Crippen LogP contribution < -0.4 is 0 Å². The summed E-state index contributed by atoms with van der Waals surface area (Å²) < 4.78 is 0. The van der Waals surface area contributed by atoms with Crippen LogP contribution in [-0.4, -0.2) is 6.26 Å². The lowest BCUT2D eigenvalue weighted by molar-refractivity contribution is 1.65. The molecule has 0 spiro atoms. The van der Waals surface area contributed by atoms with Gasteiger partial charge in [-0.1, -0.05) is 18.2 Å². The molecule has 8 heavy (non-hydrogen) atoms. The minimum atomic E-state index is 1.35. The monoisotopic (exact) mass is 128 g/mol. The van der Waals surface area contributed by atoms with E-state index in [2.05, 4.69) is 19.3 Å². The van der Waals surface area contributed by atoms with E-state index >= 15 is 0 Å². The molecule has 0 unspecified atom stereocenters. The smallest absolute Gasteiger partial charge is 0.0140 e. The van der Waals surface area contributed by atoms with E-state index in [0.717, 1.165) is 0 Å². The van der Waals surface area contributed by atoms with Crippen LogP contribution in [0.5, 0.6) is 0 Å². The largest absolute Gasteiger partial charge is 0.134 e. The molecule has 0 saturated carbocycles. The highest BCUT2D eigenvalue weighted by atomic mass is 32.2. The quantitative estimate of drug-likeness (QED) is 0.515. The summed E-state index contributed by atoms with van der Waals surface area (Å²) in [5.74, 6) is 0. The fourth-order valence-corrected chi connectivity index (χ4v) is 0.514. The molecule has 0 aromatic heterocycles. The molecule has 0 atom stereocenters. The maximum Gasteiger partial charge on any atom is -0.0140 e. The van der Waals surface area contributed by atoms with Crippen molar-refractivity contribution < 1.29 is 0 Å². The van der Waals surface area contributed by atoms with E-state index in [9.17, 15) is 0 Å². The molecule has 0 aliphatic rings. The molecule has 0 saturated heterocycles. The topological polar surface area (TPSA) is 0 Å². The van der Waals surface area contributed by atoms with Crippen molar-refractivity contribution in [2.24, 2.45) is 0 Å². The lowest BCUT2D eigenvalue weighted by atomic mass is 10.5. The van der Waals surface area contributed by atoms with Gasteiger partial charge in [-0.15, -0.1) is 11.8 Å². The molecule has 0 bridgehead atoms. The molecule has 0 fully saturated rings. The van der Waals surface area contributed by atoms with E-state index in [4.69, 9.17) is 0 Å². The van der Waals surface area contributed by atoms with Crippen LogP contribution in [0, 0.1) is 0 Å². The van der Waals surface area contributed by atoms with Gasteiger partial charge in [-0.3, -0.25) is 0 Å². The molecule has 0 aromatic rings. The molecule has 0 amide bonds. The van der Waals surface area contributed by atoms with Gasteiger partial charge in [0.05, 0.1) is 0 Å². The van der Waals surface area contributed by atoms with Gasteiger partial charge >= 0.3 is 0 Å². The van der Waals surface area contributed by atoms with Crippen LogP contribution in [0.25, 0.3) is 0 Å². The maximum atomic E-state index is 2.10. The Balaban J connectivity index is 3.57. The first-order valence-corrected chi connectivity index (χ1v) is 3.87. The first-order valence-electron chi connectivity index (χ1n) is 2.65. The Hall–Kier alpha value is -0.170. The molecule has 0 nitrogen and oxygen atoms in total. The van der Waals surface area contributed by atoms with Crippen LogP contribution in [0.3, 0.4) is 0 Å². The average molecular weight is 128 g/mol. The zero-order chi connectivity index (χ0) is 6.41. The second-order valence-electron chi connectivity index (χ2n) is 1.51. The zero-order valence-electron chi connectivity index (χ0n) is 5.64. The van der Waals surface area contributed by atoms with Gasteiger partial charge in [0.2, 0.25) is 0 Å². The minimum Gasteiger partial charge on any atom is -0.134 e. The number of hydrogen-bond donors (Lipinski definition) is 0. The Morgan fingerprint density at radius 1 is 1.50 bits per heavy atom. The summed E-state index contributed by atoms with van der Waals surface area (Å²) >= 11 is 1.77. The summed E-state index contributed by atoms with van der Waals surface area (Å²) in [4.78, 5) is 1.35. The minimum absolute atomic E-state index is 1.35. The van der Waals surface area contributed by atoms with Crippen molar-refractivity contribution >= 4 is 11.8 Å². The molecule has 0 aliphatic heterocycles. The Labute approximate surface area is 55.7 Å².